The molecule has 1 atom stereocenters. The molecule has 0 bridgehead atoms. The zero-order chi connectivity index (χ0) is 22.8. The number of nitrogens with one attached hydrogen (secondary N) is 1. The molecule has 8 heteroatoms. The number of rotatable bonds is 6. The SMILES string of the molecule is CCc1[nH]c2nc(Cc3cccnc3)nc(N3CCC(C(C)N4CCOCC4)CC3)c2c1Cl. The molecule has 0 radical (unpaired) electrons. The van der Waals surface area contributed by atoms with Gasteiger partial charge in [0, 0.05) is 56.7 Å². The summed E-state index contributed by atoms with van der Waals surface area (Å²) in [5.74, 6) is 2.46. The van der Waals surface area contributed by atoms with Gasteiger partial charge in [-0.1, -0.05) is 24.6 Å². The standard InChI is InChI=1S/C25H33ClN6O/c1-3-20-23(26)22-24(28-20)29-21(15-18-5-4-8-27-16-18)30-25(22)32-9-6-19(7-10-32)17(2)31-11-13-33-14-12-31/h4-5,8,16-17,19H,3,6-7,9-15H2,1-2H3,(H,28,29,30). The van der Waals surface area contributed by atoms with Crippen LogP contribution in [0, 0.1) is 5.92 Å². The number of aryl methyl sites for hydroxylation is 1. The summed E-state index contributed by atoms with van der Waals surface area (Å²) in [5, 5.41) is 1.72. The second-order valence-electron chi connectivity index (χ2n) is 9.21. The molecule has 2 aliphatic rings. The number of aromatic amines is 1. The number of morpholine rings is 1. The number of H-pyrrole nitrogens is 1. The van der Waals surface area contributed by atoms with Crippen LogP contribution in [0.4, 0.5) is 5.82 Å². The molecule has 3 aromatic rings. The summed E-state index contributed by atoms with van der Waals surface area (Å²) in [6, 6.07) is 4.61. The molecule has 7 nitrogen and oxygen atoms in total. The smallest absolute Gasteiger partial charge is 0.144 e. The molecule has 1 unspecified atom stereocenters. The molecule has 0 amide bonds. The van der Waals surface area contributed by atoms with E-state index in [1.54, 1.807) is 6.20 Å². The van der Waals surface area contributed by atoms with Crippen LogP contribution in [0.5, 0.6) is 0 Å². The number of pyridine rings is 1. The van der Waals surface area contributed by atoms with Gasteiger partial charge in [-0.25, -0.2) is 9.97 Å². The molecule has 0 aromatic carbocycles. The van der Waals surface area contributed by atoms with Gasteiger partial charge >= 0.3 is 0 Å². The molecule has 2 fully saturated rings. The highest BCUT2D eigenvalue weighted by atomic mass is 35.5. The van der Waals surface area contributed by atoms with Crippen molar-refractivity contribution in [2.45, 2.75) is 45.6 Å². The topological polar surface area (TPSA) is 70.2 Å². The number of ether oxygens (including phenoxy) is 1. The first kappa shape index (κ1) is 22.6. The Labute approximate surface area is 200 Å². The van der Waals surface area contributed by atoms with Crippen LogP contribution in [0.25, 0.3) is 11.0 Å². The average molecular weight is 469 g/mol. The third-order valence-corrected chi connectivity index (χ3v) is 7.69. The summed E-state index contributed by atoms with van der Waals surface area (Å²) >= 11 is 6.81. The minimum absolute atomic E-state index is 0.588. The van der Waals surface area contributed by atoms with Gasteiger partial charge in [0.25, 0.3) is 0 Å². The number of hydrogen-bond donors (Lipinski definition) is 1. The second kappa shape index (κ2) is 9.95. The Morgan fingerprint density at radius 2 is 1.97 bits per heavy atom. The molecular weight excluding hydrogens is 436 g/mol. The van der Waals surface area contributed by atoms with Crippen molar-refractivity contribution in [2.24, 2.45) is 5.92 Å². The van der Waals surface area contributed by atoms with Crippen molar-refractivity contribution in [3.63, 3.8) is 0 Å². The fraction of sp³-hybridized carbons (Fsp3) is 0.560. The lowest BCUT2D eigenvalue weighted by Gasteiger charge is -2.41. The predicted molar refractivity (Wildman–Crippen MR) is 132 cm³/mol. The van der Waals surface area contributed by atoms with Crippen LogP contribution in [-0.2, 0) is 17.6 Å². The van der Waals surface area contributed by atoms with E-state index < -0.39 is 0 Å². The highest BCUT2D eigenvalue weighted by molar-refractivity contribution is 6.37. The molecule has 0 spiro atoms. The third-order valence-electron chi connectivity index (χ3n) is 7.27. The Balaban J connectivity index is 1.40. The Morgan fingerprint density at radius 3 is 2.67 bits per heavy atom. The van der Waals surface area contributed by atoms with Crippen LogP contribution >= 0.6 is 11.6 Å². The van der Waals surface area contributed by atoms with Crippen LogP contribution in [-0.4, -0.2) is 70.3 Å². The van der Waals surface area contributed by atoms with Crippen molar-refractivity contribution in [2.75, 3.05) is 44.3 Å². The largest absolute Gasteiger partial charge is 0.379 e. The van der Waals surface area contributed by atoms with Crippen LogP contribution in [0.2, 0.25) is 5.02 Å². The highest BCUT2D eigenvalue weighted by Gasteiger charge is 2.30. The number of nitrogens with zero attached hydrogens (tertiary/aromatic N) is 5. The van der Waals surface area contributed by atoms with E-state index in [4.69, 9.17) is 26.3 Å². The molecule has 5 heterocycles. The quantitative estimate of drug-likeness (QED) is 0.587. The Hall–Kier alpha value is -2.22. The van der Waals surface area contributed by atoms with Crippen molar-refractivity contribution in [3.8, 4) is 0 Å². The maximum Gasteiger partial charge on any atom is 0.144 e. The first-order valence-electron chi connectivity index (χ1n) is 12.2. The van der Waals surface area contributed by atoms with Gasteiger partial charge in [-0.2, -0.15) is 0 Å². The van der Waals surface area contributed by atoms with Crippen LogP contribution < -0.4 is 4.90 Å². The number of anilines is 1. The van der Waals surface area contributed by atoms with E-state index >= 15 is 0 Å². The Bertz CT molecular complexity index is 1070. The summed E-state index contributed by atoms with van der Waals surface area (Å²) in [6.07, 6.45) is 7.48. The lowest BCUT2D eigenvalue weighted by molar-refractivity contribution is 0.00448. The maximum atomic E-state index is 6.81. The first-order chi connectivity index (χ1) is 16.1. The molecule has 1 N–H and O–H groups in total. The lowest BCUT2D eigenvalue weighted by atomic mass is 9.89. The molecule has 2 saturated heterocycles. The molecule has 5 rings (SSSR count). The maximum absolute atomic E-state index is 6.81. The summed E-state index contributed by atoms with van der Waals surface area (Å²) in [6.45, 7) is 10.3. The third kappa shape index (κ3) is 4.72. The van der Waals surface area contributed by atoms with Crippen LogP contribution in [0.3, 0.4) is 0 Å². The number of hydrogen-bond acceptors (Lipinski definition) is 6. The molecular formula is C25H33ClN6O. The first-order valence-corrected chi connectivity index (χ1v) is 12.5. The van der Waals surface area contributed by atoms with Crippen LogP contribution in [0.1, 0.15) is 43.8 Å². The van der Waals surface area contributed by atoms with Gasteiger partial charge in [0.1, 0.15) is 17.3 Å². The fourth-order valence-electron chi connectivity index (χ4n) is 5.25. The molecule has 176 valence electrons. The molecule has 2 aliphatic heterocycles. The molecule has 3 aromatic heterocycles. The Morgan fingerprint density at radius 1 is 1.18 bits per heavy atom. The van der Waals surface area contributed by atoms with E-state index in [1.165, 1.54) is 0 Å². The van der Waals surface area contributed by atoms with Crippen molar-refractivity contribution in [1.82, 2.24) is 24.8 Å². The number of fused-ring (bicyclic) bond motifs is 1. The monoisotopic (exact) mass is 468 g/mol. The van der Waals surface area contributed by atoms with Gasteiger partial charge in [-0.05, 0) is 43.7 Å². The number of piperidine rings is 1. The van der Waals surface area contributed by atoms with E-state index in [-0.39, 0.29) is 0 Å². The van der Waals surface area contributed by atoms with E-state index in [0.717, 1.165) is 97.6 Å². The summed E-state index contributed by atoms with van der Waals surface area (Å²) in [7, 11) is 0. The number of aromatic nitrogens is 4. The van der Waals surface area contributed by atoms with Gasteiger partial charge in [0.2, 0.25) is 0 Å². The molecule has 0 saturated carbocycles. The molecule has 0 aliphatic carbocycles. The van der Waals surface area contributed by atoms with E-state index in [1.807, 2.05) is 12.3 Å². The predicted octanol–water partition coefficient (Wildman–Crippen LogP) is 4.10. The average Bonchev–Trinajstić information content (AvgIpc) is 3.19. The van der Waals surface area contributed by atoms with Gasteiger partial charge in [0.05, 0.1) is 23.6 Å². The summed E-state index contributed by atoms with van der Waals surface area (Å²) in [5.41, 5.74) is 2.97. The van der Waals surface area contributed by atoms with Gasteiger partial charge < -0.3 is 14.6 Å². The zero-order valence-corrected chi connectivity index (χ0v) is 20.3. The van der Waals surface area contributed by atoms with Gasteiger partial charge in [-0.3, -0.25) is 9.88 Å². The van der Waals surface area contributed by atoms with E-state index in [9.17, 15) is 0 Å². The minimum atomic E-state index is 0.588. The minimum Gasteiger partial charge on any atom is -0.379 e. The van der Waals surface area contributed by atoms with Crippen molar-refractivity contribution >= 4 is 28.5 Å². The zero-order valence-electron chi connectivity index (χ0n) is 19.6. The van der Waals surface area contributed by atoms with Crippen molar-refractivity contribution < 1.29 is 4.74 Å². The normalized spacial score (nSPS) is 19.3. The van der Waals surface area contributed by atoms with Crippen LogP contribution in [0.15, 0.2) is 24.5 Å². The summed E-state index contributed by atoms with van der Waals surface area (Å²) in [4.78, 5) is 22.6. The Kier molecular flexibility index (Phi) is 6.81. The van der Waals surface area contributed by atoms with Crippen molar-refractivity contribution in [1.29, 1.82) is 0 Å². The molecule has 33 heavy (non-hydrogen) atoms. The van der Waals surface area contributed by atoms with Gasteiger partial charge in [0.15, 0.2) is 0 Å². The van der Waals surface area contributed by atoms with E-state index in [2.05, 4.69) is 39.7 Å². The number of halogens is 1. The van der Waals surface area contributed by atoms with E-state index in [0.29, 0.717) is 18.4 Å². The van der Waals surface area contributed by atoms with Gasteiger partial charge in [-0.15, -0.1) is 0 Å². The fourth-order valence-corrected chi connectivity index (χ4v) is 5.60. The summed E-state index contributed by atoms with van der Waals surface area (Å²) < 4.78 is 5.55. The van der Waals surface area contributed by atoms with Crippen molar-refractivity contribution in [3.05, 3.63) is 46.6 Å². The lowest BCUT2D eigenvalue weighted by Crippen LogP contribution is -2.48. The second-order valence-corrected chi connectivity index (χ2v) is 9.59. The highest BCUT2D eigenvalue weighted by Crippen LogP contribution is 2.36.